The summed E-state index contributed by atoms with van der Waals surface area (Å²) in [5, 5.41) is 7.74. The highest BCUT2D eigenvalue weighted by atomic mass is 19.2. The molecule has 2 aliphatic rings. The number of nitrogens with one attached hydrogen (secondary N) is 1. The normalized spacial score (nSPS) is 18.5. The van der Waals surface area contributed by atoms with Gasteiger partial charge in [0.25, 0.3) is 0 Å². The minimum absolute atomic E-state index is 0.301. The third-order valence-electron chi connectivity index (χ3n) is 5.14. The molecule has 26 heavy (non-hydrogen) atoms. The first-order valence-electron chi connectivity index (χ1n) is 8.65. The zero-order valence-corrected chi connectivity index (χ0v) is 13.9. The molecule has 1 N–H and O–H groups in total. The lowest BCUT2D eigenvalue weighted by molar-refractivity contribution is 0.500. The Bertz CT molecular complexity index is 1040. The lowest BCUT2D eigenvalue weighted by Gasteiger charge is -2.30. The third kappa shape index (κ3) is 2.25. The number of hydrogen-bond donors (Lipinski definition) is 1. The van der Waals surface area contributed by atoms with E-state index in [0.717, 1.165) is 36.1 Å². The second kappa shape index (κ2) is 5.76. The predicted molar refractivity (Wildman–Crippen MR) is 94.4 cm³/mol. The van der Waals surface area contributed by atoms with Gasteiger partial charge in [-0.3, -0.25) is 0 Å². The molecule has 0 saturated carbocycles. The summed E-state index contributed by atoms with van der Waals surface area (Å²) in [6.07, 6.45) is 4.29. The maximum atomic E-state index is 13.9. The largest absolute Gasteiger partial charge is 0.324 e. The minimum Gasteiger partial charge on any atom is -0.324 e. The Morgan fingerprint density at radius 2 is 1.92 bits per heavy atom. The van der Waals surface area contributed by atoms with Crippen LogP contribution in [-0.2, 0) is 6.42 Å². The van der Waals surface area contributed by atoms with Crippen LogP contribution in [0, 0.1) is 11.6 Å². The second-order valence-corrected chi connectivity index (χ2v) is 6.64. The summed E-state index contributed by atoms with van der Waals surface area (Å²) >= 11 is 0. The zero-order valence-electron chi connectivity index (χ0n) is 13.9. The third-order valence-corrected chi connectivity index (χ3v) is 5.14. The van der Waals surface area contributed by atoms with Gasteiger partial charge in [0.1, 0.15) is 12.4 Å². The summed E-state index contributed by atoms with van der Waals surface area (Å²) in [6.45, 7) is 0. The molecule has 2 heterocycles. The monoisotopic (exact) mass is 350 g/mol. The van der Waals surface area contributed by atoms with Crippen LogP contribution in [0.1, 0.15) is 35.6 Å². The quantitative estimate of drug-likeness (QED) is 0.711. The number of anilines is 1. The highest BCUT2D eigenvalue weighted by molar-refractivity contribution is 5.82. The van der Waals surface area contributed by atoms with Crippen LogP contribution >= 0.6 is 0 Å². The number of rotatable bonds is 1. The van der Waals surface area contributed by atoms with Crippen molar-refractivity contribution in [2.75, 3.05) is 5.32 Å². The summed E-state index contributed by atoms with van der Waals surface area (Å²) in [4.78, 5) is 4.31. The first kappa shape index (κ1) is 15.3. The van der Waals surface area contributed by atoms with E-state index < -0.39 is 11.6 Å². The molecule has 0 amide bonds. The summed E-state index contributed by atoms with van der Waals surface area (Å²) in [6, 6.07) is 12.1. The van der Waals surface area contributed by atoms with Crippen molar-refractivity contribution in [1.29, 1.82) is 0 Å². The van der Waals surface area contributed by atoms with Crippen molar-refractivity contribution in [2.24, 2.45) is 0 Å². The summed E-state index contributed by atoms with van der Waals surface area (Å²) < 4.78 is 29.1. The number of nitrogens with zero attached hydrogens (tertiary/aromatic N) is 3. The fourth-order valence-electron chi connectivity index (χ4n) is 3.98. The molecular weight excluding hydrogens is 334 g/mol. The molecule has 0 radical (unpaired) electrons. The molecule has 2 aromatic carbocycles. The van der Waals surface area contributed by atoms with Gasteiger partial charge >= 0.3 is 0 Å². The maximum absolute atomic E-state index is 13.9. The van der Waals surface area contributed by atoms with E-state index in [2.05, 4.69) is 27.5 Å². The van der Waals surface area contributed by atoms with E-state index in [0.29, 0.717) is 11.5 Å². The van der Waals surface area contributed by atoms with Crippen molar-refractivity contribution < 1.29 is 8.78 Å². The molecule has 4 nitrogen and oxygen atoms in total. The van der Waals surface area contributed by atoms with E-state index in [-0.39, 0.29) is 6.04 Å². The highest BCUT2D eigenvalue weighted by Crippen LogP contribution is 2.43. The average Bonchev–Trinajstić information content (AvgIpc) is 3.04. The van der Waals surface area contributed by atoms with Gasteiger partial charge in [0.15, 0.2) is 11.6 Å². The number of fused-ring (bicyclic) bond motifs is 3. The molecular formula is C20H16F2N4. The van der Waals surface area contributed by atoms with E-state index in [1.165, 1.54) is 24.0 Å². The molecule has 130 valence electrons. The van der Waals surface area contributed by atoms with Crippen molar-refractivity contribution >= 4 is 11.6 Å². The molecule has 1 atom stereocenters. The van der Waals surface area contributed by atoms with E-state index >= 15 is 0 Å². The van der Waals surface area contributed by atoms with Gasteiger partial charge in [0.05, 0.1) is 5.70 Å². The first-order chi connectivity index (χ1) is 12.7. The van der Waals surface area contributed by atoms with Crippen LogP contribution in [0.25, 0.3) is 5.70 Å². The Morgan fingerprint density at radius 3 is 2.81 bits per heavy atom. The number of aromatic nitrogens is 3. The fourth-order valence-corrected chi connectivity index (χ4v) is 3.98. The molecule has 3 aromatic rings. The van der Waals surface area contributed by atoms with Crippen LogP contribution < -0.4 is 5.32 Å². The van der Waals surface area contributed by atoms with Crippen LogP contribution in [0.4, 0.5) is 14.7 Å². The standard InChI is InChI=1S/C20H16F2N4/c21-16-9-8-13(10-17(16)22)19-15-7-3-5-12-4-1-2-6-14(12)18(15)25-20-23-11-24-26(19)20/h1-2,4,6,8-11,19H,3,5,7H2,(H,23,24,25). The van der Waals surface area contributed by atoms with Gasteiger partial charge in [-0.15, -0.1) is 0 Å². The van der Waals surface area contributed by atoms with Crippen LogP contribution in [0.15, 0.2) is 54.4 Å². The predicted octanol–water partition coefficient (Wildman–Crippen LogP) is 4.32. The number of allylic oxidation sites excluding steroid dienone is 1. The minimum atomic E-state index is -0.848. The van der Waals surface area contributed by atoms with Crippen molar-refractivity contribution in [2.45, 2.75) is 25.3 Å². The molecule has 1 aliphatic carbocycles. The average molecular weight is 350 g/mol. The smallest absolute Gasteiger partial charge is 0.226 e. The molecule has 1 unspecified atom stereocenters. The van der Waals surface area contributed by atoms with Crippen molar-refractivity contribution in [3.63, 3.8) is 0 Å². The van der Waals surface area contributed by atoms with Crippen LogP contribution in [-0.4, -0.2) is 14.8 Å². The molecule has 6 heteroatoms. The SMILES string of the molecule is Fc1ccc(C2C3=C(Nc4ncnn42)c2ccccc2CCC3)cc1F. The van der Waals surface area contributed by atoms with Crippen molar-refractivity contribution in [3.8, 4) is 0 Å². The first-order valence-corrected chi connectivity index (χ1v) is 8.65. The molecule has 1 aromatic heterocycles. The fraction of sp³-hybridized carbons (Fsp3) is 0.200. The van der Waals surface area contributed by atoms with Crippen molar-refractivity contribution in [3.05, 3.63) is 82.7 Å². The molecule has 5 rings (SSSR count). The Labute approximate surface area is 149 Å². The summed E-state index contributed by atoms with van der Waals surface area (Å²) in [7, 11) is 0. The molecule has 0 saturated heterocycles. The Balaban J connectivity index is 1.75. The van der Waals surface area contributed by atoms with E-state index in [9.17, 15) is 8.78 Å². The Morgan fingerprint density at radius 1 is 1.04 bits per heavy atom. The van der Waals surface area contributed by atoms with Gasteiger partial charge in [0, 0.05) is 5.56 Å². The molecule has 0 spiro atoms. The summed E-state index contributed by atoms with van der Waals surface area (Å²) in [5.74, 6) is -1.09. The zero-order chi connectivity index (χ0) is 17.7. The van der Waals surface area contributed by atoms with E-state index in [1.807, 2.05) is 12.1 Å². The molecule has 0 bridgehead atoms. The van der Waals surface area contributed by atoms with Crippen molar-refractivity contribution in [1.82, 2.24) is 14.8 Å². The molecule has 1 aliphatic heterocycles. The van der Waals surface area contributed by atoms with Gasteiger partial charge < -0.3 is 5.32 Å². The van der Waals surface area contributed by atoms with Gasteiger partial charge in [-0.05, 0) is 48.1 Å². The summed E-state index contributed by atoms with van der Waals surface area (Å²) in [5.41, 5.74) is 5.22. The number of hydrogen-bond acceptors (Lipinski definition) is 3. The van der Waals surface area contributed by atoms with E-state index in [4.69, 9.17) is 0 Å². The van der Waals surface area contributed by atoms with Crippen LogP contribution in [0.3, 0.4) is 0 Å². The van der Waals surface area contributed by atoms with E-state index in [1.54, 1.807) is 10.7 Å². The second-order valence-electron chi connectivity index (χ2n) is 6.64. The van der Waals surface area contributed by atoms with Gasteiger partial charge in [-0.2, -0.15) is 10.1 Å². The Hall–Kier alpha value is -3.02. The van der Waals surface area contributed by atoms with Crippen LogP contribution in [0.2, 0.25) is 0 Å². The number of aryl methyl sites for hydroxylation is 1. The molecule has 0 fully saturated rings. The Kier molecular flexibility index (Phi) is 3.38. The topological polar surface area (TPSA) is 42.7 Å². The maximum Gasteiger partial charge on any atom is 0.226 e. The van der Waals surface area contributed by atoms with Crippen LogP contribution in [0.5, 0.6) is 0 Å². The van der Waals surface area contributed by atoms with Gasteiger partial charge in [-0.1, -0.05) is 30.3 Å². The number of halogens is 2. The highest BCUT2D eigenvalue weighted by Gasteiger charge is 2.33. The number of benzene rings is 2. The van der Waals surface area contributed by atoms with Gasteiger partial charge in [0.2, 0.25) is 5.95 Å². The lowest BCUT2D eigenvalue weighted by Crippen LogP contribution is -2.25. The lowest BCUT2D eigenvalue weighted by atomic mass is 9.91. The van der Waals surface area contributed by atoms with Gasteiger partial charge in [-0.25, -0.2) is 13.5 Å².